The first-order valence-electron chi connectivity index (χ1n) is 11.6. The molecule has 0 amide bonds. The fourth-order valence-corrected chi connectivity index (χ4v) is 9.36. The van der Waals surface area contributed by atoms with Gasteiger partial charge in [-0.15, -0.1) is 0 Å². The van der Waals surface area contributed by atoms with Gasteiger partial charge in [-0.3, -0.25) is 0 Å². The van der Waals surface area contributed by atoms with Gasteiger partial charge in [-0.05, 0) is 60.8 Å². The standard InChI is InChI=1S/C28H33OP/c1-28(2,3)22-18-21-17-20-11-10-16-25(20)27(26(21)19-22)30(29,23-12-6-4-7-13-23)24-14-8-5-9-15-24/h4-9,12-15,19-22H,10-11,16-18H2,1-3H3/t20-,21+,22-/m0/s1. The molecule has 0 aromatic heterocycles. The minimum Gasteiger partial charge on any atom is -0.309 e. The average molecular weight is 417 g/mol. The molecule has 1 nitrogen and oxygen atoms in total. The van der Waals surface area contributed by atoms with Gasteiger partial charge in [0.2, 0.25) is 0 Å². The Kier molecular flexibility index (Phi) is 4.94. The fourth-order valence-electron chi connectivity index (χ4n) is 6.04. The Morgan fingerprint density at radius 3 is 2.00 bits per heavy atom. The van der Waals surface area contributed by atoms with Crippen LogP contribution in [0.4, 0.5) is 0 Å². The van der Waals surface area contributed by atoms with Crippen LogP contribution in [0.1, 0.15) is 52.9 Å². The van der Waals surface area contributed by atoms with Crippen LogP contribution in [0.25, 0.3) is 0 Å². The average Bonchev–Trinajstić information content (AvgIpc) is 3.39. The van der Waals surface area contributed by atoms with Crippen LogP contribution >= 0.6 is 7.14 Å². The second-order valence-electron chi connectivity index (χ2n) is 10.5. The zero-order valence-corrected chi connectivity index (χ0v) is 19.4. The van der Waals surface area contributed by atoms with Crippen LogP contribution in [0.5, 0.6) is 0 Å². The Labute approximate surface area is 181 Å². The van der Waals surface area contributed by atoms with E-state index in [1.165, 1.54) is 42.1 Å². The summed E-state index contributed by atoms with van der Waals surface area (Å²) in [7, 11) is -2.91. The van der Waals surface area contributed by atoms with Gasteiger partial charge < -0.3 is 4.57 Å². The van der Waals surface area contributed by atoms with Gasteiger partial charge >= 0.3 is 0 Å². The molecule has 2 aromatic carbocycles. The number of hydrogen-bond acceptors (Lipinski definition) is 1. The third-order valence-electron chi connectivity index (χ3n) is 7.66. The molecular weight excluding hydrogens is 383 g/mol. The SMILES string of the molecule is CC(C)(C)[C@@H]1C=C2C(P(=O)(c3ccccc3)c3ccccc3)=C3CCC[C@H]3C[C@@H]2C1. The van der Waals surface area contributed by atoms with Gasteiger partial charge in [-0.2, -0.15) is 0 Å². The summed E-state index contributed by atoms with van der Waals surface area (Å²) in [5, 5.41) is 3.22. The predicted molar refractivity (Wildman–Crippen MR) is 128 cm³/mol. The first-order chi connectivity index (χ1) is 14.4. The molecule has 0 heterocycles. The van der Waals surface area contributed by atoms with E-state index < -0.39 is 7.14 Å². The highest BCUT2D eigenvalue weighted by Gasteiger charge is 2.47. The summed E-state index contributed by atoms with van der Waals surface area (Å²) in [6.07, 6.45) is 8.65. The summed E-state index contributed by atoms with van der Waals surface area (Å²) >= 11 is 0. The predicted octanol–water partition coefficient (Wildman–Crippen LogP) is 7.07. The first kappa shape index (κ1) is 20.1. The van der Waals surface area contributed by atoms with E-state index in [4.69, 9.17) is 0 Å². The molecule has 1 saturated carbocycles. The van der Waals surface area contributed by atoms with E-state index in [0.717, 1.165) is 17.0 Å². The van der Waals surface area contributed by atoms with E-state index in [9.17, 15) is 0 Å². The molecule has 5 rings (SSSR count). The van der Waals surface area contributed by atoms with Crippen molar-refractivity contribution in [3.8, 4) is 0 Å². The number of allylic oxidation sites excluding steroid dienone is 4. The van der Waals surface area contributed by atoms with Gasteiger partial charge in [-0.25, -0.2) is 0 Å². The van der Waals surface area contributed by atoms with Crippen LogP contribution in [-0.2, 0) is 4.57 Å². The van der Waals surface area contributed by atoms with Crippen LogP contribution in [-0.4, -0.2) is 0 Å². The minimum absolute atomic E-state index is 0.249. The lowest BCUT2D eigenvalue weighted by molar-refractivity contribution is 0.262. The van der Waals surface area contributed by atoms with Crippen molar-refractivity contribution in [3.05, 3.63) is 83.2 Å². The zero-order chi connectivity index (χ0) is 20.9. The molecule has 0 unspecified atom stereocenters. The van der Waals surface area contributed by atoms with E-state index in [0.29, 0.717) is 17.8 Å². The summed E-state index contributed by atoms with van der Waals surface area (Å²) in [5.74, 6) is 1.75. The Hall–Kier alpha value is -1.85. The molecule has 0 N–H and O–H groups in total. The molecule has 3 aliphatic rings. The van der Waals surface area contributed by atoms with Crippen molar-refractivity contribution in [2.45, 2.75) is 52.9 Å². The van der Waals surface area contributed by atoms with Crippen molar-refractivity contribution in [3.63, 3.8) is 0 Å². The smallest absolute Gasteiger partial charge is 0.171 e. The molecule has 2 heteroatoms. The first-order valence-corrected chi connectivity index (χ1v) is 13.3. The molecule has 1 fully saturated rings. The highest BCUT2D eigenvalue weighted by atomic mass is 31.2. The number of rotatable bonds is 3. The lowest BCUT2D eigenvalue weighted by Crippen LogP contribution is -2.25. The van der Waals surface area contributed by atoms with Crippen LogP contribution in [0.2, 0.25) is 0 Å². The number of hydrogen-bond donors (Lipinski definition) is 0. The normalized spacial score (nSPS) is 26.4. The molecule has 0 bridgehead atoms. The quantitative estimate of drug-likeness (QED) is 0.489. The van der Waals surface area contributed by atoms with Crippen LogP contribution in [0, 0.1) is 23.2 Å². The van der Waals surface area contributed by atoms with Crippen LogP contribution in [0.3, 0.4) is 0 Å². The fraction of sp³-hybridized carbons (Fsp3) is 0.429. The van der Waals surface area contributed by atoms with Crippen molar-refractivity contribution < 1.29 is 4.57 Å². The Balaban J connectivity index is 1.78. The highest BCUT2D eigenvalue weighted by Crippen LogP contribution is 2.65. The van der Waals surface area contributed by atoms with Crippen LogP contribution < -0.4 is 10.6 Å². The second kappa shape index (κ2) is 7.38. The van der Waals surface area contributed by atoms with E-state index in [1.807, 2.05) is 36.4 Å². The number of benzene rings is 2. The Morgan fingerprint density at radius 1 is 0.833 bits per heavy atom. The molecule has 3 atom stereocenters. The van der Waals surface area contributed by atoms with E-state index >= 15 is 4.57 Å². The highest BCUT2D eigenvalue weighted by molar-refractivity contribution is 7.82. The molecular formula is C28H33OP. The number of fused-ring (bicyclic) bond motifs is 2. The maximum Gasteiger partial charge on any atom is 0.171 e. The van der Waals surface area contributed by atoms with Crippen molar-refractivity contribution >= 4 is 17.8 Å². The van der Waals surface area contributed by atoms with E-state index in [-0.39, 0.29) is 5.41 Å². The van der Waals surface area contributed by atoms with Gasteiger partial charge in [0, 0.05) is 15.9 Å². The lowest BCUT2D eigenvalue weighted by Gasteiger charge is -2.35. The largest absolute Gasteiger partial charge is 0.309 e. The molecule has 2 aromatic rings. The zero-order valence-electron chi connectivity index (χ0n) is 18.5. The molecule has 30 heavy (non-hydrogen) atoms. The van der Waals surface area contributed by atoms with Crippen LogP contribution in [0.15, 0.2) is 83.2 Å². The van der Waals surface area contributed by atoms with Crippen molar-refractivity contribution in [1.82, 2.24) is 0 Å². The molecule has 0 saturated heterocycles. The summed E-state index contributed by atoms with van der Waals surface area (Å²) < 4.78 is 15.3. The third-order valence-corrected chi connectivity index (χ3v) is 10.9. The topological polar surface area (TPSA) is 17.1 Å². The Bertz CT molecular complexity index is 996. The van der Waals surface area contributed by atoms with Crippen molar-refractivity contribution in [2.75, 3.05) is 0 Å². The monoisotopic (exact) mass is 416 g/mol. The van der Waals surface area contributed by atoms with Gasteiger partial charge in [0.1, 0.15) is 0 Å². The maximum atomic E-state index is 15.3. The maximum absolute atomic E-state index is 15.3. The van der Waals surface area contributed by atoms with Gasteiger partial charge in [0.05, 0.1) is 0 Å². The molecule has 0 radical (unpaired) electrons. The summed E-state index contributed by atoms with van der Waals surface area (Å²) in [4.78, 5) is 0. The summed E-state index contributed by atoms with van der Waals surface area (Å²) in [6.45, 7) is 7.06. The molecule has 156 valence electrons. The van der Waals surface area contributed by atoms with Crippen molar-refractivity contribution in [2.24, 2.45) is 23.2 Å². The van der Waals surface area contributed by atoms with Gasteiger partial charge in [0.15, 0.2) is 7.14 Å². The minimum atomic E-state index is -2.91. The summed E-state index contributed by atoms with van der Waals surface area (Å²) in [6, 6.07) is 20.6. The molecule has 0 spiro atoms. The Morgan fingerprint density at radius 2 is 1.43 bits per heavy atom. The second-order valence-corrected chi connectivity index (χ2v) is 13.2. The molecule has 3 aliphatic carbocycles. The lowest BCUT2D eigenvalue weighted by atomic mass is 9.76. The third kappa shape index (κ3) is 3.18. The van der Waals surface area contributed by atoms with Crippen molar-refractivity contribution in [1.29, 1.82) is 0 Å². The summed E-state index contributed by atoms with van der Waals surface area (Å²) in [5.41, 5.74) is 3.20. The van der Waals surface area contributed by atoms with Gasteiger partial charge in [0.25, 0.3) is 0 Å². The van der Waals surface area contributed by atoms with E-state index in [1.54, 1.807) is 0 Å². The van der Waals surface area contributed by atoms with Gasteiger partial charge in [-0.1, -0.05) is 93.1 Å². The van der Waals surface area contributed by atoms with E-state index in [2.05, 4.69) is 51.1 Å². The molecule has 0 aliphatic heterocycles.